The molecule has 0 aliphatic heterocycles. The topological polar surface area (TPSA) is 66.9 Å². The van der Waals surface area contributed by atoms with Crippen LogP contribution in [0.3, 0.4) is 0 Å². The fourth-order valence-electron chi connectivity index (χ4n) is 2.30. The Morgan fingerprint density at radius 2 is 1.81 bits per heavy atom. The van der Waals surface area contributed by atoms with E-state index in [2.05, 4.69) is 20.6 Å². The highest BCUT2D eigenvalue weighted by atomic mass is 35.5. The molecule has 2 N–H and O–H groups in total. The van der Waals surface area contributed by atoms with E-state index in [0.29, 0.717) is 23.5 Å². The van der Waals surface area contributed by atoms with Gasteiger partial charge in [-0.3, -0.25) is 4.79 Å². The number of carbonyl (C=O) groups is 1. The molecular formula is C19H15ClF2N4O. The van der Waals surface area contributed by atoms with Crippen molar-refractivity contribution >= 4 is 29.0 Å². The Morgan fingerprint density at radius 3 is 2.48 bits per heavy atom. The van der Waals surface area contributed by atoms with Crippen LogP contribution in [0.5, 0.6) is 0 Å². The zero-order valence-electron chi connectivity index (χ0n) is 14.0. The van der Waals surface area contributed by atoms with E-state index in [9.17, 15) is 13.6 Å². The fraction of sp³-hybridized carbons (Fsp3) is 0.105. The smallest absolute Gasteiger partial charge is 0.275 e. The van der Waals surface area contributed by atoms with Crippen molar-refractivity contribution in [2.75, 3.05) is 17.2 Å². The van der Waals surface area contributed by atoms with Crippen LogP contribution in [0, 0.1) is 11.6 Å². The van der Waals surface area contributed by atoms with E-state index < -0.39 is 17.5 Å². The molecule has 0 atom stereocenters. The summed E-state index contributed by atoms with van der Waals surface area (Å²) in [5, 5.41) is 6.11. The van der Waals surface area contributed by atoms with Gasteiger partial charge in [-0.25, -0.2) is 18.7 Å². The van der Waals surface area contributed by atoms with Crippen LogP contribution in [-0.4, -0.2) is 22.4 Å². The third-order valence-electron chi connectivity index (χ3n) is 3.70. The van der Waals surface area contributed by atoms with Crippen molar-refractivity contribution in [2.24, 2.45) is 0 Å². The molecule has 8 heteroatoms. The van der Waals surface area contributed by atoms with E-state index in [1.165, 1.54) is 12.4 Å². The van der Waals surface area contributed by atoms with Gasteiger partial charge in [-0.2, -0.15) is 0 Å². The predicted octanol–water partition coefficient (Wildman–Crippen LogP) is 4.32. The Morgan fingerprint density at radius 1 is 1.04 bits per heavy atom. The summed E-state index contributed by atoms with van der Waals surface area (Å²) in [6.45, 7) is 0.628. The first-order valence-electron chi connectivity index (χ1n) is 8.08. The monoisotopic (exact) mass is 388 g/mol. The van der Waals surface area contributed by atoms with Crippen LogP contribution in [0.4, 0.5) is 20.3 Å². The minimum atomic E-state index is -0.864. The third-order valence-corrected chi connectivity index (χ3v) is 3.95. The number of hydrogen-bond donors (Lipinski definition) is 2. The molecule has 0 saturated heterocycles. The van der Waals surface area contributed by atoms with Crippen molar-refractivity contribution in [2.45, 2.75) is 6.42 Å². The molecule has 0 bridgehead atoms. The zero-order valence-corrected chi connectivity index (χ0v) is 14.8. The highest BCUT2D eigenvalue weighted by molar-refractivity contribution is 6.30. The number of rotatable bonds is 6. The normalized spacial score (nSPS) is 10.5. The molecule has 0 aliphatic rings. The Kier molecular flexibility index (Phi) is 5.93. The van der Waals surface area contributed by atoms with E-state index in [0.717, 1.165) is 24.1 Å². The van der Waals surface area contributed by atoms with Gasteiger partial charge >= 0.3 is 0 Å². The maximum Gasteiger partial charge on any atom is 0.275 e. The summed E-state index contributed by atoms with van der Waals surface area (Å²) in [6, 6.07) is 10.4. The van der Waals surface area contributed by atoms with Crippen LogP contribution >= 0.6 is 11.6 Å². The summed E-state index contributed by atoms with van der Waals surface area (Å²) in [5.74, 6) is -1.72. The molecule has 0 aliphatic carbocycles. The minimum Gasteiger partial charge on any atom is -0.368 e. The van der Waals surface area contributed by atoms with Gasteiger partial charge in [-0.15, -0.1) is 0 Å². The highest BCUT2D eigenvalue weighted by Gasteiger charge is 2.12. The summed E-state index contributed by atoms with van der Waals surface area (Å²) in [4.78, 5) is 20.2. The lowest BCUT2D eigenvalue weighted by Crippen LogP contribution is -2.15. The second-order valence-electron chi connectivity index (χ2n) is 5.67. The number of hydrogen-bond acceptors (Lipinski definition) is 4. The lowest BCUT2D eigenvalue weighted by Gasteiger charge is -2.08. The van der Waals surface area contributed by atoms with Gasteiger partial charge in [0.1, 0.15) is 23.1 Å². The zero-order chi connectivity index (χ0) is 19.2. The van der Waals surface area contributed by atoms with Crippen LogP contribution < -0.4 is 10.6 Å². The fourth-order valence-corrected chi connectivity index (χ4v) is 2.43. The van der Waals surface area contributed by atoms with Gasteiger partial charge in [0, 0.05) is 17.6 Å². The standard InChI is InChI=1S/C19H15ClF2N4O/c20-13-3-1-12(2-4-13)7-8-23-18-11-24-17(10-25-18)19(27)26-16-6-5-14(21)9-15(16)22/h1-6,9-11H,7-8H2,(H,23,25)(H,26,27). The largest absolute Gasteiger partial charge is 0.368 e. The molecule has 2 aromatic carbocycles. The summed E-state index contributed by atoms with van der Waals surface area (Å²) >= 11 is 5.84. The Balaban J connectivity index is 1.54. The molecule has 1 heterocycles. The third kappa shape index (κ3) is 5.21. The molecule has 0 fully saturated rings. The van der Waals surface area contributed by atoms with Crippen molar-refractivity contribution < 1.29 is 13.6 Å². The minimum absolute atomic E-state index is 0.0157. The average Bonchev–Trinajstić information content (AvgIpc) is 2.66. The lowest BCUT2D eigenvalue weighted by molar-refractivity contribution is 0.102. The molecule has 0 spiro atoms. The number of halogens is 3. The summed E-state index contributed by atoms with van der Waals surface area (Å²) in [7, 11) is 0. The second-order valence-corrected chi connectivity index (χ2v) is 6.10. The van der Waals surface area contributed by atoms with Gasteiger partial charge in [0.15, 0.2) is 0 Å². The average molecular weight is 389 g/mol. The highest BCUT2D eigenvalue weighted by Crippen LogP contribution is 2.16. The van der Waals surface area contributed by atoms with Crippen LogP contribution in [0.2, 0.25) is 5.02 Å². The summed E-state index contributed by atoms with van der Waals surface area (Å²) in [5.41, 5.74) is 1.01. The maximum atomic E-state index is 13.6. The molecular weight excluding hydrogens is 374 g/mol. The van der Waals surface area contributed by atoms with E-state index in [4.69, 9.17) is 11.6 Å². The Bertz CT molecular complexity index is 933. The number of aromatic nitrogens is 2. The number of amides is 1. The molecule has 1 aromatic heterocycles. The SMILES string of the molecule is O=C(Nc1ccc(F)cc1F)c1cnc(NCCc2ccc(Cl)cc2)cn1. The first-order chi connectivity index (χ1) is 13.0. The molecule has 5 nitrogen and oxygen atoms in total. The number of nitrogens with zero attached hydrogens (tertiary/aromatic N) is 2. The van der Waals surface area contributed by atoms with Gasteiger partial charge in [0.2, 0.25) is 0 Å². The Hall–Kier alpha value is -3.06. The number of benzene rings is 2. The van der Waals surface area contributed by atoms with Gasteiger partial charge in [-0.05, 0) is 36.2 Å². The molecule has 3 aromatic rings. The van der Waals surface area contributed by atoms with Crippen molar-refractivity contribution in [3.8, 4) is 0 Å². The quantitative estimate of drug-likeness (QED) is 0.660. The summed E-state index contributed by atoms with van der Waals surface area (Å²) in [6.07, 6.45) is 3.46. The Labute approximate surface area is 159 Å². The van der Waals surface area contributed by atoms with E-state index >= 15 is 0 Å². The van der Waals surface area contributed by atoms with Crippen molar-refractivity contribution in [1.82, 2.24) is 9.97 Å². The van der Waals surface area contributed by atoms with E-state index in [-0.39, 0.29) is 11.4 Å². The van der Waals surface area contributed by atoms with Crippen LogP contribution in [0.1, 0.15) is 16.1 Å². The summed E-state index contributed by atoms with van der Waals surface area (Å²) < 4.78 is 26.5. The van der Waals surface area contributed by atoms with Gasteiger partial charge in [0.05, 0.1) is 18.1 Å². The van der Waals surface area contributed by atoms with Gasteiger partial charge in [-0.1, -0.05) is 23.7 Å². The molecule has 27 heavy (non-hydrogen) atoms. The first kappa shape index (κ1) is 18.7. The van der Waals surface area contributed by atoms with E-state index in [1.54, 1.807) is 0 Å². The van der Waals surface area contributed by atoms with Crippen LogP contribution in [0.25, 0.3) is 0 Å². The van der Waals surface area contributed by atoms with Crippen LogP contribution in [0.15, 0.2) is 54.9 Å². The van der Waals surface area contributed by atoms with Crippen LogP contribution in [-0.2, 0) is 6.42 Å². The molecule has 3 rings (SSSR count). The second kappa shape index (κ2) is 8.55. The molecule has 0 radical (unpaired) electrons. The van der Waals surface area contributed by atoms with Crippen molar-refractivity contribution in [3.63, 3.8) is 0 Å². The predicted molar refractivity (Wildman–Crippen MR) is 100.0 cm³/mol. The van der Waals surface area contributed by atoms with Gasteiger partial charge in [0.25, 0.3) is 5.91 Å². The maximum absolute atomic E-state index is 13.6. The number of nitrogens with one attached hydrogen (secondary N) is 2. The molecule has 0 saturated carbocycles. The van der Waals surface area contributed by atoms with E-state index in [1.807, 2.05) is 24.3 Å². The molecule has 138 valence electrons. The first-order valence-corrected chi connectivity index (χ1v) is 8.46. The van der Waals surface area contributed by atoms with Gasteiger partial charge < -0.3 is 10.6 Å². The van der Waals surface area contributed by atoms with Crippen molar-refractivity contribution in [3.05, 3.63) is 82.8 Å². The molecule has 1 amide bonds. The lowest BCUT2D eigenvalue weighted by atomic mass is 10.1. The molecule has 0 unspecified atom stereocenters. The number of anilines is 2. The van der Waals surface area contributed by atoms with Crippen molar-refractivity contribution in [1.29, 1.82) is 0 Å². The number of carbonyl (C=O) groups excluding carboxylic acids is 1.